The molecule has 0 N–H and O–H groups in total. The molecule has 0 bridgehead atoms. The first-order valence-corrected chi connectivity index (χ1v) is 11.1. The van der Waals surface area contributed by atoms with Gasteiger partial charge in [-0.05, 0) is 30.7 Å². The third-order valence-electron chi connectivity index (χ3n) is 6.49. The number of rotatable bonds is 6. The summed E-state index contributed by atoms with van der Waals surface area (Å²) in [7, 11) is 0. The zero-order valence-electron chi connectivity index (χ0n) is 18.6. The summed E-state index contributed by atoms with van der Waals surface area (Å²) in [6, 6.07) is 13.2. The molecule has 1 aliphatic rings. The van der Waals surface area contributed by atoms with Crippen LogP contribution in [0.4, 0.5) is 8.78 Å². The Labute approximate surface area is 195 Å². The Hall–Kier alpha value is -3.90. The van der Waals surface area contributed by atoms with Crippen molar-refractivity contribution in [1.82, 2.24) is 29.2 Å². The summed E-state index contributed by atoms with van der Waals surface area (Å²) in [5.74, 6) is -0.512. The van der Waals surface area contributed by atoms with Crippen LogP contribution in [0.1, 0.15) is 29.8 Å². The summed E-state index contributed by atoms with van der Waals surface area (Å²) in [6.45, 7) is 4.57. The van der Waals surface area contributed by atoms with E-state index >= 15 is 0 Å². The van der Waals surface area contributed by atoms with E-state index in [1.165, 1.54) is 18.5 Å². The van der Waals surface area contributed by atoms with Crippen LogP contribution in [0.15, 0.2) is 61.3 Å². The SMILES string of the molecule is CC(C(Cn1cncn1)c1ccc(F)cc1F)N1CCn2cc(-c3cccc(C#N)c3)nc2C1. The summed E-state index contributed by atoms with van der Waals surface area (Å²) in [4.78, 5) is 11.1. The lowest BCUT2D eigenvalue weighted by Crippen LogP contribution is -2.43. The topological polar surface area (TPSA) is 75.6 Å². The molecule has 5 rings (SSSR count). The second-order valence-electron chi connectivity index (χ2n) is 8.53. The molecule has 9 heteroatoms. The fourth-order valence-electron chi connectivity index (χ4n) is 4.60. The van der Waals surface area contributed by atoms with Crippen molar-refractivity contribution >= 4 is 0 Å². The number of imidazole rings is 1. The highest BCUT2D eigenvalue weighted by Gasteiger charge is 2.31. The molecule has 0 fully saturated rings. The Morgan fingerprint density at radius 1 is 1.15 bits per heavy atom. The van der Waals surface area contributed by atoms with Gasteiger partial charge in [0.15, 0.2) is 0 Å². The van der Waals surface area contributed by atoms with Crippen molar-refractivity contribution in [3.63, 3.8) is 0 Å². The first kappa shape index (κ1) is 21.9. The van der Waals surface area contributed by atoms with Crippen LogP contribution in [-0.4, -0.2) is 41.8 Å². The molecule has 0 aliphatic carbocycles. The van der Waals surface area contributed by atoms with E-state index in [1.54, 1.807) is 17.1 Å². The zero-order valence-corrected chi connectivity index (χ0v) is 18.6. The van der Waals surface area contributed by atoms with E-state index in [9.17, 15) is 14.0 Å². The number of aromatic nitrogens is 5. The molecule has 0 saturated heterocycles. The first-order chi connectivity index (χ1) is 16.5. The van der Waals surface area contributed by atoms with Crippen molar-refractivity contribution in [2.24, 2.45) is 0 Å². The van der Waals surface area contributed by atoms with E-state index in [0.29, 0.717) is 24.2 Å². The van der Waals surface area contributed by atoms with Crippen molar-refractivity contribution in [1.29, 1.82) is 5.26 Å². The van der Waals surface area contributed by atoms with Gasteiger partial charge in [0.1, 0.15) is 30.1 Å². The summed E-state index contributed by atoms with van der Waals surface area (Å²) in [6.07, 6.45) is 5.06. The number of fused-ring (bicyclic) bond motifs is 1. The van der Waals surface area contributed by atoms with Crippen molar-refractivity contribution in [2.45, 2.75) is 38.5 Å². The molecule has 0 radical (unpaired) electrons. The van der Waals surface area contributed by atoms with Gasteiger partial charge in [-0.1, -0.05) is 18.2 Å². The average molecular weight is 460 g/mol. The second kappa shape index (κ2) is 9.15. The van der Waals surface area contributed by atoms with Crippen LogP contribution >= 0.6 is 0 Å². The Balaban J connectivity index is 1.41. The summed E-state index contributed by atoms with van der Waals surface area (Å²) in [5.41, 5.74) is 2.77. The van der Waals surface area contributed by atoms with E-state index in [-0.39, 0.29) is 12.0 Å². The van der Waals surface area contributed by atoms with Gasteiger partial charge in [0.25, 0.3) is 0 Å². The highest BCUT2D eigenvalue weighted by molar-refractivity contribution is 5.61. The van der Waals surface area contributed by atoms with Crippen LogP contribution in [-0.2, 0) is 19.6 Å². The number of halogens is 2. The first-order valence-electron chi connectivity index (χ1n) is 11.1. The monoisotopic (exact) mass is 459 g/mol. The number of benzene rings is 2. The quantitative estimate of drug-likeness (QED) is 0.436. The predicted molar refractivity (Wildman–Crippen MR) is 121 cm³/mol. The summed E-state index contributed by atoms with van der Waals surface area (Å²) >= 11 is 0. The lowest BCUT2D eigenvalue weighted by molar-refractivity contribution is 0.134. The smallest absolute Gasteiger partial charge is 0.137 e. The molecule has 2 aromatic heterocycles. The maximum Gasteiger partial charge on any atom is 0.137 e. The van der Waals surface area contributed by atoms with Gasteiger partial charge in [-0.3, -0.25) is 9.58 Å². The summed E-state index contributed by atoms with van der Waals surface area (Å²) in [5, 5.41) is 13.4. The van der Waals surface area contributed by atoms with E-state index in [1.807, 2.05) is 24.4 Å². The van der Waals surface area contributed by atoms with Crippen molar-refractivity contribution in [3.8, 4) is 17.3 Å². The Morgan fingerprint density at radius 2 is 2.03 bits per heavy atom. The molecule has 172 valence electrons. The number of hydrogen-bond acceptors (Lipinski definition) is 5. The molecule has 0 amide bonds. The van der Waals surface area contributed by atoms with E-state index in [0.717, 1.165) is 36.2 Å². The van der Waals surface area contributed by atoms with Crippen LogP contribution < -0.4 is 0 Å². The zero-order chi connectivity index (χ0) is 23.7. The third-order valence-corrected chi connectivity index (χ3v) is 6.49. The van der Waals surface area contributed by atoms with Gasteiger partial charge >= 0.3 is 0 Å². The minimum Gasteiger partial charge on any atom is -0.332 e. The normalized spacial score (nSPS) is 15.5. The highest BCUT2D eigenvalue weighted by Crippen LogP contribution is 2.31. The van der Waals surface area contributed by atoms with Gasteiger partial charge in [-0.25, -0.2) is 18.7 Å². The predicted octanol–water partition coefficient (Wildman–Crippen LogP) is 3.98. The van der Waals surface area contributed by atoms with Gasteiger partial charge in [0.2, 0.25) is 0 Å². The molecule has 1 aliphatic heterocycles. The lowest BCUT2D eigenvalue weighted by Gasteiger charge is -2.37. The van der Waals surface area contributed by atoms with Crippen molar-refractivity contribution in [3.05, 3.63) is 89.9 Å². The molecule has 2 atom stereocenters. The molecule has 7 nitrogen and oxygen atoms in total. The number of nitriles is 1. The molecule has 2 unspecified atom stereocenters. The van der Waals surface area contributed by atoms with Gasteiger partial charge in [-0.2, -0.15) is 10.4 Å². The Bertz CT molecular complexity index is 1340. The largest absolute Gasteiger partial charge is 0.332 e. The number of nitrogens with zero attached hydrogens (tertiary/aromatic N) is 7. The maximum atomic E-state index is 14.8. The molecular formula is C25H23F2N7. The molecule has 34 heavy (non-hydrogen) atoms. The Morgan fingerprint density at radius 3 is 2.79 bits per heavy atom. The molecule has 0 saturated carbocycles. The lowest BCUT2D eigenvalue weighted by atomic mass is 9.90. The minimum atomic E-state index is -0.596. The van der Waals surface area contributed by atoms with Crippen LogP contribution in [0, 0.1) is 23.0 Å². The molecule has 4 aromatic rings. The van der Waals surface area contributed by atoms with E-state index in [4.69, 9.17) is 4.98 Å². The van der Waals surface area contributed by atoms with E-state index < -0.39 is 11.6 Å². The van der Waals surface area contributed by atoms with Crippen LogP contribution in [0.2, 0.25) is 0 Å². The van der Waals surface area contributed by atoms with Crippen LogP contribution in [0.3, 0.4) is 0 Å². The molecule has 2 aromatic carbocycles. The molecule has 0 spiro atoms. The van der Waals surface area contributed by atoms with Gasteiger partial charge in [0.05, 0.1) is 30.4 Å². The molecular weight excluding hydrogens is 436 g/mol. The second-order valence-corrected chi connectivity index (χ2v) is 8.53. The standard InChI is InChI=1S/C25H23F2N7/c1-17(22(12-34-16-29-15-30-34)21-6-5-20(26)10-23(21)27)32-7-8-33-13-24(31-25(33)14-32)19-4-2-3-18(9-19)11-28/h2-6,9-10,13,15-17,22H,7-8,12,14H2,1H3. The average Bonchev–Trinajstić information content (AvgIpc) is 3.52. The Kier molecular flexibility index (Phi) is 5.90. The summed E-state index contributed by atoms with van der Waals surface area (Å²) < 4.78 is 32.2. The van der Waals surface area contributed by atoms with Gasteiger partial charge in [0, 0.05) is 42.9 Å². The van der Waals surface area contributed by atoms with E-state index in [2.05, 4.69) is 32.5 Å². The van der Waals surface area contributed by atoms with Crippen molar-refractivity contribution in [2.75, 3.05) is 6.54 Å². The van der Waals surface area contributed by atoms with Crippen LogP contribution in [0.5, 0.6) is 0 Å². The van der Waals surface area contributed by atoms with Crippen LogP contribution in [0.25, 0.3) is 11.3 Å². The van der Waals surface area contributed by atoms with Gasteiger partial charge < -0.3 is 4.57 Å². The molecule has 3 heterocycles. The van der Waals surface area contributed by atoms with Gasteiger partial charge in [-0.15, -0.1) is 0 Å². The minimum absolute atomic E-state index is 0.0695. The number of hydrogen-bond donors (Lipinski definition) is 0. The van der Waals surface area contributed by atoms with Crippen molar-refractivity contribution < 1.29 is 8.78 Å². The fourth-order valence-corrected chi connectivity index (χ4v) is 4.60. The maximum absolute atomic E-state index is 14.8. The highest BCUT2D eigenvalue weighted by atomic mass is 19.1. The fraction of sp³-hybridized carbons (Fsp3) is 0.280. The third kappa shape index (κ3) is 4.32.